The van der Waals surface area contributed by atoms with Crippen molar-refractivity contribution in [3.05, 3.63) is 33.8 Å². The first kappa shape index (κ1) is 16.5. The van der Waals surface area contributed by atoms with Crippen LogP contribution in [0.4, 0.5) is 0 Å². The van der Waals surface area contributed by atoms with Crippen molar-refractivity contribution in [1.29, 1.82) is 0 Å². The summed E-state index contributed by atoms with van der Waals surface area (Å²) in [6.07, 6.45) is 7.78. The van der Waals surface area contributed by atoms with Crippen LogP contribution in [0.25, 0.3) is 0 Å². The van der Waals surface area contributed by atoms with E-state index in [0.29, 0.717) is 0 Å². The van der Waals surface area contributed by atoms with Crippen molar-refractivity contribution in [2.75, 3.05) is 26.7 Å². The Morgan fingerprint density at radius 3 is 2.64 bits per heavy atom. The number of piperidine rings is 1. The lowest BCUT2D eigenvalue weighted by Crippen LogP contribution is -2.50. The van der Waals surface area contributed by atoms with E-state index in [9.17, 15) is 0 Å². The molecule has 0 amide bonds. The molecule has 0 radical (unpaired) electrons. The van der Waals surface area contributed by atoms with Crippen LogP contribution in [0.15, 0.2) is 22.7 Å². The Kier molecular flexibility index (Phi) is 5.59. The summed E-state index contributed by atoms with van der Waals surface area (Å²) >= 11 is 3.64. The van der Waals surface area contributed by atoms with Gasteiger partial charge in [-0.05, 0) is 88.5 Å². The third-order valence-corrected chi connectivity index (χ3v) is 5.97. The van der Waals surface area contributed by atoms with Gasteiger partial charge in [0.25, 0.3) is 0 Å². The number of hydrogen-bond acceptors (Lipinski definition) is 2. The van der Waals surface area contributed by atoms with Crippen LogP contribution in [0.3, 0.4) is 0 Å². The maximum absolute atomic E-state index is 3.64. The lowest BCUT2D eigenvalue weighted by molar-refractivity contribution is 0.0742. The predicted octanol–water partition coefficient (Wildman–Crippen LogP) is 4.11. The Bertz CT molecular complexity index is 494. The fraction of sp³-hybridized carbons (Fsp3) is 0.684. The summed E-state index contributed by atoms with van der Waals surface area (Å²) in [5.74, 6) is 0. The van der Waals surface area contributed by atoms with E-state index < -0.39 is 0 Å². The fourth-order valence-corrected chi connectivity index (χ4v) is 4.65. The highest BCUT2D eigenvalue weighted by Gasteiger charge is 2.30. The van der Waals surface area contributed by atoms with E-state index in [2.05, 4.69) is 57.9 Å². The van der Waals surface area contributed by atoms with E-state index in [0.717, 1.165) is 12.1 Å². The molecule has 3 heteroatoms. The van der Waals surface area contributed by atoms with Gasteiger partial charge in [-0.2, -0.15) is 0 Å². The number of rotatable bonds is 4. The summed E-state index contributed by atoms with van der Waals surface area (Å²) in [5.41, 5.74) is 3.14. The summed E-state index contributed by atoms with van der Waals surface area (Å²) in [6.45, 7) is 6.12. The molecule has 0 aromatic heterocycles. The highest BCUT2D eigenvalue weighted by molar-refractivity contribution is 9.10. The van der Waals surface area contributed by atoms with Gasteiger partial charge in [0.1, 0.15) is 0 Å². The van der Waals surface area contributed by atoms with E-state index in [-0.39, 0.29) is 0 Å². The molecule has 0 spiro atoms. The standard InChI is InChI=1S/C19H29BrN2/c1-3-10-22(18-8-11-21(2)12-9-18)19-7-5-15-4-6-17(20)13-16(15)14-19/h4,6,13,18-19H,3,5,7-12,14H2,1-2H3. The Hall–Kier alpha value is -0.380. The molecule has 1 aliphatic carbocycles. The smallest absolute Gasteiger partial charge is 0.0178 e. The van der Waals surface area contributed by atoms with Gasteiger partial charge in [0.15, 0.2) is 0 Å². The minimum absolute atomic E-state index is 0.746. The summed E-state index contributed by atoms with van der Waals surface area (Å²) in [6, 6.07) is 8.40. The Balaban J connectivity index is 1.72. The van der Waals surface area contributed by atoms with E-state index in [4.69, 9.17) is 0 Å². The number of fused-ring (bicyclic) bond motifs is 1. The van der Waals surface area contributed by atoms with Crippen LogP contribution in [0.5, 0.6) is 0 Å². The molecule has 3 rings (SSSR count). The lowest BCUT2D eigenvalue weighted by atomic mass is 9.86. The van der Waals surface area contributed by atoms with E-state index >= 15 is 0 Å². The average molecular weight is 365 g/mol. The molecule has 1 saturated heterocycles. The predicted molar refractivity (Wildman–Crippen MR) is 97.5 cm³/mol. The van der Waals surface area contributed by atoms with Gasteiger partial charge in [-0.15, -0.1) is 0 Å². The molecule has 2 aliphatic rings. The molecule has 1 heterocycles. The number of hydrogen-bond donors (Lipinski definition) is 0. The number of likely N-dealkylation sites (tertiary alicyclic amines) is 1. The third kappa shape index (κ3) is 3.74. The van der Waals surface area contributed by atoms with Crippen molar-refractivity contribution in [3.63, 3.8) is 0 Å². The maximum Gasteiger partial charge on any atom is 0.0178 e. The molecule has 0 bridgehead atoms. The Labute approximate surface area is 144 Å². The highest BCUT2D eigenvalue weighted by Crippen LogP contribution is 2.30. The molecule has 0 saturated carbocycles. The van der Waals surface area contributed by atoms with Crippen LogP contribution >= 0.6 is 15.9 Å². The zero-order valence-electron chi connectivity index (χ0n) is 14.0. The minimum Gasteiger partial charge on any atom is -0.306 e. The second kappa shape index (κ2) is 7.46. The topological polar surface area (TPSA) is 6.48 Å². The zero-order valence-corrected chi connectivity index (χ0v) is 15.6. The minimum atomic E-state index is 0.746. The summed E-state index contributed by atoms with van der Waals surface area (Å²) < 4.78 is 1.23. The van der Waals surface area contributed by atoms with Gasteiger partial charge >= 0.3 is 0 Å². The number of aryl methyl sites for hydroxylation is 1. The van der Waals surface area contributed by atoms with Crippen LogP contribution < -0.4 is 0 Å². The number of benzene rings is 1. The lowest BCUT2D eigenvalue weighted by Gasteiger charge is -2.43. The van der Waals surface area contributed by atoms with Crippen LogP contribution in [0, 0.1) is 0 Å². The maximum atomic E-state index is 3.64. The average Bonchev–Trinajstić information content (AvgIpc) is 2.53. The van der Waals surface area contributed by atoms with E-state index in [1.807, 2.05) is 0 Å². The molecule has 1 aliphatic heterocycles. The first-order chi connectivity index (χ1) is 10.7. The van der Waals surface area contributed by atoms with Gasteiger partial charge in [0.05, 0.1) is 0 Å². The van der Waals surface area contributed by atoms with Gasteiger partial charge in [-0.25, -0.2) is 0 Å². The molecule has 1 aromatic carbocycles. The third-order valence-electron chi connectivity index (χ3n) is 5.48. The fourth-order valence-electron chi connectivity index (χ4n) is 4.24. The van der Waals surface area contributed by atoms with Crippen molar-refractivity contribution >= 4 is 15.9 Å². The molecule has 1 unspecified atom stereocenters. The van der Waals surface area contributed by atoms with Gasteiger partial charge in [-0.3, -0.25) is 4.90 Å². The first-order valence-corrected chi connectivity index (χ1v) is 9.68. The molecule has 2 nitrogen and oxygen atoms in total. The first-order valence-electron chi connectivity index (χ1n) is 8.89. The van der Waals surface area contributed by atoms with Crippen molar-refractivity contribution in [1.82, 2.24) is 9.80 Å². The quantitative estimate of drug-likeness (QED) is 0.792. The Morgan fingerprint density at radius 2 is 1.91 bits per heavy atom. The SMILES string of the molecule is CCCN(C1CCN(C)CC1)C1CCc2ccc(Br)cc2C1. The van der Waals surface area contributed by atoms with Crippen LogP contribution in [-0.4, -0.2) is 48.6 Å². The molecular weight excluding hydrogens is 336 g/mol. The van der Waals surface area contributed by atoms with E-state index in [1.165, 1.54) is 62.6 Å². The zero-order chi connectivity index (χ0) is 15.5. The van der Waals surface area contributed by atoms with Gasteiger partial charge < -0.3 is 4.90 Å². The largest absolute Gasteiger partial charge is 0.306 e. The Morgan fingerprint density at radius 1 is 1.14 bits per heavy atom. The summed E-state index contributed by atoms with van der Waals surface area (Å²) in [4.78, 5) is 5.34. The van der Waals surface area contributed by atoms with Crippen LogP contribution in [-0.2, 0) is 12.8 Å². The highest BCUT2D eigenvalue weighted by atomic mass is 79.9. The molecule has 1 atom stereocenters. The molecular formula is C19H29BrN2. The molecule has 22 heavy (non-hydrogen) atoms. The van der Waals surface area contributed by atoms with E-state index in [1.54, 1.807) is 11.1 Å². The van der Waals surface area contributed by atoms with Gasteiger partial charge in [-0.1, -0.05) is 28.9 Å². The van der Waals surface area contributed by atoms with Gasteiger partial charge in [0.2, 0.25) is 0 Å². The molecule has 1 fully saturated rings. The molecule has 0 N–H and O–H groups in total. The van der Waals surface area contributed by atoms with Crippen molar-refractivity contribution < 1.29 is 0 Å². The number of nitrogens with zero attached hydrogens (tertiary/aromatic N) is 2. The molecule has 1 aromatic rings. The second-order valence-electron chi connectivity index (χ2n) is 7.08. The monoisotopic (exact) mass is 364 g/mol. The second-order valence-corrected chi connectivity index (χ2v) is 8.00. The van der Waals surface area contributed by atoms with Crippen molar-refractivity contribution in [3.8, 4) is 0 Å². The molecule has 122 valence electrons. The van der Waals surface area contributed by atoms with Crippen molar-refractivity contribution in [2.45, 2.75) is 57.5 Å². The normalized spacial score (nSPS) is 23.7. The summed E-state index contributed by atoms with van der Waals surface area (Å²) in [7, 11) is 2.26. The van der Waals surface area contributed by atoms with Crippen LogP contribution in [0.1, 0.15) is 43.7 Å². The summed E-state index contributed by atoms with van der Waals surface area (Å²) in [5, 5.41) is 0. The van der Waals surface area contributed by atoms with Crippen LogP contribution in [0.2, 0.25) is 0 Å². The van der Waals surface area contributed by atoms with Crippen molar-refractivity contribution in [2.24, 2.45) is 0 Å². The van der Waals surface area contributed by atoms with Gasteiger partial charge in [0, 0.05) is 16.6 Å². The number of halogens is 1.